The number of aromatic nitrogens is 2. The highest BCUT2D eigenvalue weighted by atomic mass is 16.5. The van der Waals surface area contributed by atoms with Crippen molar-refractivity contribution in [2.24, 2.45) is 5.92 Å². The van der Waals surface area contributed by atoms with E-state index in [9.17, 15) is 9.59 Å². The van der Waals surface area contributed by atoms with Gasteiger partial charge in [-0.25, -0.2) is 4.98 Å². The Kier molecular flexibility index (Phi) is 8.03. The van der Waals surface area contributed by atoms with Gasteiger partial charge in [0.05, 0.1) is 12.8 Å². The number of anilines is 1. The fourth-order valence-corrected chi connectivity index (χ4v) is 4.10. The standard InChI is InChI=1S/C30H32N4O3/c1-21(2)18-33(29(36)24-13-15-26(37-4)16-14-24)20-28(35)32-30-31-27(23-10-6-5-7-11-23)19-34(30)25-12-8-9-22(3)17-25/h5-17,19,21H,18,20H2,1-4H3,(H,31,32,35). The van der Waals surface area contributed by atoms with Crippen LogP contribution in [0, 0.1) is 12.8 Å². The van der Waals surface area contributed by atoms with E-state index >= 15 is 0 Å². The van der Waals surface area contributed by atoms with Gasteiger partial charge in [-0.3, -0.25) is 19.5 Å². The minimum Gasteiger partial charge on any atom is -0.497 e. The molecule has 0 unspecified atom stereocenters. The summed E-state index contributed by atoms with van der Waals surface area (Å²) in [6, 6.07) is 24.7. The minimum atomic E-state index is -0.318. The van der Waals surface area contributed by atoms with Crippen LogP contribution in [0.2, 0.25) is 0 Å². The third-order valence-electron chi connectivity index (χ3n) is 5.85. The molecule has 0 aliphatic carbocycles. The molecule has 0 saturated carbocycles. The Morgan fingerprint density at radius 2 is 1.73 bits per heavy atom. The molecule has 0 atom stereocenters. The number of hydrogen-bond acceptors (Lipinski definition) is 4. The monoisotopic (exact) mass is 496 g/mol. The molecular weight excluding hydrogens is 464 g/mol. The van der Waals surface area contributed by atoms with Crippen molar-refractivity contribution in [3.8, 4) is 22.7 Å². The van der Waals surface area contributed by atoms with E-state index in [4.69, 9.17) is 9.72 Å². The predicted molar refractivity (Wildman–Crippen MR) is 146 cm³/mol. The summed E-state index contributed by atoms with van der Waals surface area (Å²) in [5.41, 5.74) is 4.17. The summed E-state index contributed by atoms with van der Waals surface area (Å²) in [5.74, 6) is 0.729. The number of carbonyl (C=O) groups is 2. The second-order valence-corrected chi connectivity index (χ2v) is 9.38. The molecule has 1 heterocycles. The van der Waals surface area contributed by atoms with Gasteiger partial charge in [0.1, 0.15) is 12.3 Å². The predicted octanol–water partition coefficient (Wildman–Crippen LogP) is 5.59. The molecule has 3 aromatic carbocycles. The topological polar surface area (TPSA) is 76.5 Å². The number of hydrogen-bond donors (Lipinski definition) is 1. The summed E-state index contributed by atoms with van der Waals surface area (Å²) in [6.45, 7) is 6.40. The zero-order chi connectivity index (χ0) is 26.4. The van der Waals surface area contributed by atoms with Crippen LogP contribution in [0.15, 0.2) is 85.1 Å². The van der Waals surface area contributed by atoms with Gasteiger partial charge in [0.25, 0.3) is 5.91 Å². The second kappa shape index (κ2) is 11.6. The van der Waals surface area contributed by atoms with Gasteiger partial charge in [0.15, 0.2) is 0 Å². The summed E-state index contributed by atoms with van der Waals surface area (Å²) in [7, 11) is 1.58. The first-order chi connectivity index (χ1) is 17.8. The third-order valence-corrected chi connectivity index (χ3v) is 5.85. The lowest BCUT2D eigenvalue weighted by Crippen LogP contribution is -2.40. The van der Waals surface area contributed by atoms with Crippen molar-refractivity contribution in [1.29, 1.82) is 0 Å². The number of carbonyl (C=O) groups excluding carboxylic acids is 2. The molecule has 0 aliphatic heterocycles. The van der Waals surface area contributed by atoms with E-state index in [1.54, 1.807) is 36.3 Å². The van der Waals surface area contributed by atoms with Crippen LogP contribution in [0.5, 0.6) is 5.75 Å². The van der Waals surface area contributed by atoms with Gasteiger partial charge >= 0.3 is 0 Å². The smallest absolute Gasteiger partial charge is 0.254 e. The maximum Gasteiger partial charge on any atom is 0.254 e. The maximum absolute atomic E-state index is 13.3. The Morgan fingerprint density at radius 1 is 1.00 bits per heavy atom. The quantitative estimate of drug-likeness (QED) is 0.328. The normalized spacial score (nSPS) is 10.8. The van der Waals surface area contributed by atoms with Crippen LogP contribution in [0.3, 0.4) is 0 Å². The van der Waals surface area contributed by atoms with Crippen LogP contribution in [-0.2, 0) is 4.79 Å². The van der Waals surface area contributed by atoms with E-state index in [0.717, 1.165) is 22.5 Å². The Bertz CT molecular complexity index is 1360. The SMILES string of the molecule is COc1ccc(C(=O)N(CC(=O)Nc2nc(-c3ccccc3)cn2-c2cccc(C)c2)CC(C)C)cc1. The number of rotatable bonds is 9. The third kappa shape index (κ3) is 6.44. The zero-order valence-corrected chi connectivity index (χ0v) is 21.6. The first-order valence-electron chi connectivity index (χ1n) is 12.3. The van der Waals surface area contributed by atoms with Crippen LogP contribution >= 0.6 is 0 Å². The van der Waals surface area contributed by atoms with E-state index in [0.29, 0.717) is 23.8 Å². The van der Waals surface area contributed by atoms with Gasteiger partial charge in [-0.2, -0.15) is 0 Å². The van der Waals surface area contributed by atoms with E-state index in [2.05, 4.69) is 5.32 Å². The maximum atomic E-state index is 13.3. The number of aryl methyl sites for hydroxylation is 1. The summed E-state index contributed by atoms with van der Waals surface area (Å²) < 4.78 is 7.06. The lowest BCUT2D eigenvalue weighted by atomic mass is 10.1. The van der Waals surface area contributed by atoms with E-state index in [1.165, 1.54) is 0 Å². The fourth-order valence-electron chi connectivity index (χ4n) is 4.10. The van der Waals surface area contributed by atoms with Crippen molar-refractivity contribution in [2.45, 2.75) is 20.8 Å². The van der Waals surface area contributed by atoms with Crippen LogP contribution in [0.4, 0.5) is 5.95 Å². The molecule has 7 heteroatoms. The molecule has 4 aromatic rings. The van der Waals surface area contributed by atoms with Crippen molar-refractivity contribution in [1.82, 2.24) is 14.5 Å². The van der Waals surface area contributed by atoms with Gasteiger partial charge in [-0.15, -0.1) is 0 Å². The lowest BCUT2D eigenvalue weighted by Gasteiger charge is -2.24. The molecule has 0 radical (unpaired) electrons. The van der Waals surface area contributed by atoms with Crippen LogP contribution in [0.25, 0.3) is 16.9 Å². The Morgan fingerprint density at radius 3 is 2.38 bits per heavy atom. The lowest BCUT2D eigenvalue weighted by molar-refractivity contribution is -0.117. The molecule has 190 valence electrons. The molecule has 0 spiro atoms. The summed E-state index contributed by atoms with van der Waals surface area (Å²) in [5, 5.41) is 2.95. The number of nitrogens with zero attached hydrogens (tertiary/aromatic N) is 3. The number of ether oxygens (including phenoxy) is 1. The highest BCUT2D eigenvalue weighted by Crippen LogP contribution is 2.25. The van der Waals surface area contributed by atoms with Crippen molar-refractivity contribution >= 4 is 17.8 Å². The Labute approximate surface area is 217 Å². The van der Waals surface area contributed by atoms with Crippen LogP contribution in [0.1, 0.15) is 29.8 Å². The van der Waals surface area contributed by atoms with Gasteiger partial charge < -0.3 is 9.64 Å². The van der Waals surface area contributed by atoms with Crippen LogP contribution < -0.4 is 10.1 Å². The first-order valence-corrected chi connectivity index (χ1v) is 12.3. The average molecular weight is 497 g/mol. The zero-order valence-electron chi connectivity index (χ0n) is 21.6. The van der Waals surface area contributed by atoms with E-state index in [1.807, 2.05) is 86.1 Å². The van der Waals surface area contributed by atoms with Crippen molar-refractivity contribution in [3.05, 3.63) is 96.2 Å². The van der Waals surface area contributed by atoms with Crippen LogP contribution in [-0.4, -0.2) is 46.5 Å². The molecule has 1 aromatic heterocycles. The Hall–Kier alpha value is -4.39. The number of nitrogens with one attached hydrogen (secondary N) is 1. The molecule has 37 heavy (non-hydrogen) atoms. The molecular formula is C30H32N4O3. The summed E-state index contributed by atoms with van der Waals surface area (Å²) in [6.07, 6.45) is 1.91. The van der Waals surface area contributed by atoms with Gasteiger partial charge in [-0.05, 0) is 54.8 Å². The summed E-state index contributed by atoms with van der Waals surface area (Å²) in [4.78, 5) is 32.8. The highest BCUT2D eigenvalue weighted by Gasteiger charge is 2.22. The van der Waals surface area contributed by atoms with Crippen molar-refractivity contribution in [2.75, 3.05) is 25.5 Å². The highest BCUT2D eigenvalue weighted by molar-refractivity contribution is 5.99. The minimum absolute atomic E-state index is 0.0929. The van der Waals surface area contributed by atoms with Crippen molar-refractivity contribution < 1.29 is 14.3 Å². The molecule has 0 aliphatic rings. The van der Waals surface area contributed by atoms with E-state index < -0.39 is 0 Å². The first kappa shape index (κ1) is 25.7. The molecule has 0 saturated heterocycles. The molecule has 0 bridgehead atoms. The fraction of sp³-hybridized carbons (Fsp3) is 0.233. The largest absolute Gasteiger partial charge is 0.497 e. The average Bonchev–Trinajstić information content (AvgIpc) is 3.32. The van der Waals surface area contributed by atoms with Gasteiger partial charge in [-0.1, -0.05) is 56.3 Å². The summed E-state index contributed by atoms with van der Waals surface area (Å²) >= 11 is 0. The molecule has 7 nitrogen and oxygen atoms in total. The molecule has 0 fully saturated rings. The van der Waals surface area contributed by atoms with Gasteiger partial charge in [0.2, 0.25) is 11.9 Å². The number of imidazole rings is 1. The number of amides is 2. The van der Waals surface area contributed by atoms with Gasteiger partial charge in [0, 0.05) is 29.6 Å². The van der Waals surface area contributed by atoms with E-state index in [-0.39, 0.29) is 24.3 Å². The molecule has 1 N–H and O–H groups in total. The number of benzene rings is 3. The Balaban J connectivity index is 1.60. The molecule has 4 rings (SSSR count). The number of methoxy groups -OCH3 is 1. The second-order valence-electron chi connectivity index (χ2n) is 9.38. The molecule has 2 amide bonds. The van der Waals surface area contributed by atoms with Crippen molar-refractivity contribution in [3.63, 3.8) is 0 Å².